The molecule has 1 aliphatic heterocycles. The molecule has 0 radical (unpaired) electrons. The molecule has 1 fully saturated rings. The van der Waals surface area contributed by atoms with Crippen LogP contribution in [0.3, 0.4) is 0 Å². The molecule has 8 atom stereocenters. The van der Waals surface area contributed by atoms with Gasteiger partial charge in [0.15, 0.2) is 0 Å². The number of unbranched alkanes of at least 4 members (excludes halogenated alkanes) is 10. The van der Waals surface area contributed by atoms with Crippen molar-refractivity contribution in [1.82, 2.24) is 36.8 Å². The molecule has 0 aliphatic carbocycles. The van der Waals surface area contributed by atoms with Crippen molar-refractivity contribution in [3.63, 3.8) is 0 Å². The largest absolute Gasteiger partial charge is 0.391 e. The zero-order valence-corrected chi connectivity index (χ0v) is 37.1. The summed E-state index contributed by atoms with van der Waals surface area (Å²) >= 11 is 0. The van der Waals surface area contributed by atoms with Crippen LogP contribution in [-0.2, 0) is 43.2 Å². The first-order chi connectivity index (χ1) is 28.8. The number of carbonyl (C=O) groups excluding carboxylic acids is 9. The number of carbonyl (C=O) groups is 9. The molecule has 19 heteroatoms. The summed E-state index contributed by atoms with van der Waals surface area (Å²) in [6, 6.07) is -8.04. The van der Waals surface area contributed by atoms with Crippen LogP contribution in [0.4, 0.5) is 0 Å². The SMILES string of the molecule is CCCCCCCCCCCCCC(=O)N[C@@H](CC(C)C)C(=O)N[C@H](C(=O)N1CCC[C@@H]1C(=O)N[C@H](C(=O)N[C@@H](C)C(=O)N[C@@H](CC(N)=O)C(=O)NCC=O)[C@@H](C)O)C(C)O. The van der Waals surface area contributed by atoms with E-state index in [0.29, 0.717) is 19.1 Å². The van der Waals surface area contributed by atoms with Gasteiger partial charge in [0.2, 0.25) is 47.3 Å². The number of amides is 8. The highest BCUT2D eigenvalue weighted by atomic mass is 16.3. The molecule has 1 heterocycles. The Kier molecular flexibility index (Phi) is 26.4. The molecule has 1 saturated heterocycles. The van der Waals surface area contributed by atoms with Gasteiger partial charge in [0.25, 0.3) is 0 Å². The average molecular weight is 867 g/mol. The quantitative estimate of drug-likeness (QED) is 0.0333. The third kappa shape index (κ3) is 21.1. The second kappa shape index (κ2) is 29.6. The fourth-order valence-electron chi connectivity index (χ4n) is 7.04. The third-order valence-electron chi connectivity index (χ3n) is 10.5. The predicted molar refractivity (Wildman–Crippen MR) is 227 cm³/mol. The Balaban J connectivity index is 2.90. The summed E-state index contributed by atoms with van der Waals surface area (Å²) in [5, 5.41) is 35.8. The molecule has 0 bridgehead atoms. The van der Waals surface area contributed by atoms with Gasteiger partial charge < -0.3 is 57.5 Å². The highest BCUT2D eigenvalue weighted by molar-refractivity contribution is 5.98. The van der Waals surface area contributed by atoms with E-state index in [1.807, 2.05) is 13.8 Å². The van der Waals surface area contributed by atoms with Crippen molar-refractivity contribution in [2.24, 2.45) is 11.7 Å². The summed E-state index contributed by atoms with van der Waals surface area (Å²) in [4.78, 5) is 116. The number of aliphatic hydroxyl groups is 2. The van der Waals surface area contributed by atoms with Gasteiger partial charge in [-0.1, -0.05) is 85.0 Å². The number of aldehydes is 1. The van der Waals surface area contributed by atoms with Crippen LogP contribution in [0.5, 0.6) is 0 Å². The fourth-order valence-corrected chi connectivity index (χ4v) is 7.04. The molecule has 0 spiro atoms. The van der Waals surface area contributed by atoms with E-state index in [-0.39, 0.29) is 44.2 Å². The summed E-state index contributed by atoms with van der Waals surface area (Å²) in [5.41, 5.74) is 5.18. The molecule has 8 amide bonds. The zero-order chi connectivity index (χ0) is 46.1. The predicted octanol–water partition coefficient (Wildman–Crippen LogP) is 0.121. The Morgan fingerprint density at radius 1 is 0.689 bits per heavy atom. The summed E-state index contributed by atoms with van der Waals surface area (Å²) in [5.74, 6) is -6.23. The number of hydrogen-bond acceptors (Lipinski definition) is 11. The van der Waals surface area contributed by atoms with Crippen LogP contribution in [0.15, 0.2) is 0 Å². The van der Waals surface area contributed by atoms with Crippen molar-refractivity contribution in [2.45, 2.75) is 193 Å². The molecule has 61 heavy (non-hydrogen) atoms. The van der Waals surface area contributed by atoms with Crippen LogP contribution in [0.1, 0.15) is 144 Å². The van der Waals surface area contributed by atoms with E-state index < -0.39 is 96.2 Å². The standard InChI is InChI=1S/C42H74N8O11/c1-7-8-9-10-11-12-13-14-15-16-17-20-34(55)46-30(24-26(2)3)39(58)49-36(29(6)53)42(61)50-22-18-19-32(50)40(59)48-35(28(5)52)41(60)45-27(4)37(56)47-31(25-33(43)54)38(57)44-21-23-51/h23,26-32,35-36,52-53H,7-22,24-25H2,1-6H3,(H2,43,54)(H,44,57)(H,45,60)(H,46,55)(H,47,56)(H,48,59)(H,49,58)/t27-,28+,29?,30-,31-,32+,35-,36-/m0/s1. The van der Waals surface area contributed by atoms with Crippen molar-refractivity contribution >= 4 is 53.5 Å². The molecule has 1 aliphatic rings. The van der Waals surface area contributed by atoms with E-state index >= 15 is 0 Å². The molecular formula is C42H74N8O11. The molecular weight excluding hydrogens is 793 g/mol. The maximum Gasteiger partial charge on any atom is 0.248 e. The Hall–Kier alpha value is -4.65. The number of nitrogens with one attached hydrogen (secondary N) is 6. The Labute approximate surface area is 360 Å². The van der Waals surface area contributed by atoms with Gasteiger partial charge in [0.1, 0.15) is 42.5 Å². The molecule has 0 saturated carbocycles. The fraction of sp³-hybridized carbons (Fsp3) is 0.786. The Morgan fingerprint density at radius 3 is 1.79 bits per heavy atom. The van der Waals surface area contributed by atoms with E-state index in [0.717, 1.165) is 19.3 Å². The van der Waals surface area contributed by atoms with Crippen molar-refractivity contribution in [3.8, 4) is 0 Å². The average Bonchev–Trinajstić information content (AvgIpc) is 3.69. The first-order valence-corrected chi connectivity index (χ1v) is 22.0. The lowest BCUT2D eigenvalue weighted by Crippen LogP contribution is -2.62. The number of primary amides is 1. The second-order valence-corrected chi connectivity index (χ2v) is 16.6. The molecule has 0 aromatic heterocycles. The molecule has 19 nitrogen and oxygen atoms in total. The number of hydrogen-bond donors (Lipinski definition) is 9. The number of aliphatic hydroxyl groups excluding tert-OH is 2. The number of nitrogens with two attached hydrogens (primary N) is 1. The van der Waals surface area contributed by atoms with Gasteiger partial charge in [-0.2, -0.15) is 0 Å². The van der Waals surface area contributed by atoms with Crippen molar-refractivity contribution in [1.29, 1.82) is 0 Å². The van der Waals surface area contributed by atoms with E-state index in [4.69, 9.17) is 5.73 Å². The highest BCUT2D eigenvalue weighted by Crippen LogP contribution is 2.20. The van der Waals surface area contributed by atoms with Crippen LogP contribution in [0.2, 0.25) is 0 Å². The van der Waals surface area contributed by atoms with Gasteiger partial charge in [-0.05, 0) is 52.4 Å². The van der Waals surface area contributed by atoms with Gasteiger partial charge in [0, 0.05) is 13.0 Å². The van der Waals surface area contributed by atoms with Crippen molar-refractivity contribution in [3.05, 3.63) is 0 Å². The topological polar surface area (TPSA) is 296 Å². The number of likely N-dealkylation sites (tertiary alicyclic amines) is 1. The molecule has 10 N–H and O–H groups in total. The minimum absolute atomic E-state index is 0.00120. The molecule has 1 rings (SSSR count). The second-order valence-electron chi connectivity index (χ2n) is 16.6. The lowest BCUT2D eigenvalue weighted by Gasteiger charge is -2.32. The first kappa shape index (κ1) is 54.4. The van der Waals surface area contributed by atoms with Crippen LogP contribution >= 0.6 is 0 Å². The van der Waals surface area contributed by atoms with Gasteiger partial charge in [0.05, 0.1) is 25.2 Å². The first-order valence-electron chi connectivity index (χ1n) is 22.0. The number of rotatable bonds is 31. The van der Waals surface area contributed by atoms with Gasteiger partial charge in [-0.25, -0.2) is 0 Å². The van der Waals surface area contributed by atoms with Crippen LogP contribution < -0.4 is 37.6 Å². The summed E-state index contributed by atoms with van der Waals surface area (Å²) in [6.07, 6.45) is 10.4. The smallest absolute Gasteiger partial charge is 0.248 e. The normalized spacial score (nSPS) is 17.1. The summed E-state index contributed by atoms with van der Waals surface area (Å²) < 4.78 is 0. The maximum absolute atomic E-state index is 13.9. The molecule has 1 unspecified atom stereocenters. The molecule has 0 aromatic carbocycles. The van der Waals surface area contributed by atoms with Crippen LogP contribution in [-0.4, -0.2) is 130 Å². The van der Waals surface area contributed by atoms with Crippen molar-refractivity contribution < 1.29 is 53.4 Å². The Morgan fingerprint density at radius 2 is 1.26 bits per heavy atom. The van der Waals surface area contributed by atoms with E-state index in [1.54, 1.807) is 0 Å². The van der Waals surface area contributed by atoms with E-state index in [1.165, 1.54) is 70.6 Å². The molecule has 0 aromatic rings. The van der Waals surface area contributed by atoms with Gasteiger partial charge in [-0.3, -0.25) is 38.4 Å². The minimum atomic E-state index is -1.62. The summed E-state index contributed by atoms with van der Waals surface area (Å²) in [7, 11) is 0. The number of nitrogens with zero attached hydrogens (tertiary/aromatic N) is 1. The molecule has 348 valence electrons. The zero-order valence-electron chi connectivity index (χ0n) is 37.1. The minimum Gasteiger partial charge on any atom is -0.391 e. The summed E-state index contributed by atoms with van der Waals surface area (Å²) in [6.45, 7) is 9.45. The van der Waals surface area contributed by atoms with E-state index in [2.05, 4.69) is 38.8 Å². The van der Waals surface area contributed by atoms with Crippen LogP contribution in [0.25, 0.3) is 0 Å². The van der Waals surface area contributed by atoms with Gasteiger partial charge in [-0.15, -0.1) is 0 Å². The monoisotopic (exact) mass is 867 g/mol. The Bertz CT molecular complexity index is 1440. The lowest BCUT2D eigenvalue weighted by atomic mass is 10.0. The van der Waals surface area contributed by atoms with Crippen LogP contribution in [0, 0.1) is 5.92 Å². The third-order valence-corrected chi connectivity index (χ3v) is 10.5. The van der Waals surface area contributed by atoms with Gasteiger partial charge >= 0.3 is 0 Å². The van der Waals surface area contributed by atoms with Crippen molar-refractivity contribution in [2.75, 3.05) is 13.1 Å². The maximum atomic E-state index is 13.9. The lowest BCUT2D eigenvalue weighted by molar-refractivity contribution is -0.145. The highest BCUT2D eigenvalue weighted by Gasteiger charge is 2.41. The van der Waals surface area contributed by atoms with E-state index in [9.17, 15) is 53.4 Å².